The van der Waals surface area contributed by atoms with Crippen LogP contribution in [0, 0.1) is 0 Å². The normalized spacial score (nSPS) is 13.9. The molecule has 3 aromatic rings. The first-order valence-corrected chi connectivity index (χ1v) is 10.6. The van der Waals surface area contributed by atoms with Crippen molar-refractivity contribution in [2.75, 3.05) is 20.7 Å². The first-order valence-electron chi connectivity index (χ1n) is 10.6. The molecule has 0 aliphatic carbocycles. The van der Waals surface area contributed by atoms with Crippen molar-refractivity contribution in [3.05, 3.63) is 52.6 Å². The summed E-state index contributed by atoms with van der Waals surface area (Å²) in [6, 6.07) is 10.2. The number of ether oxygens (including phenoxy) is 1. The van der Waals surface area contributed by atoms with Gasteiger partial charge in [0.2, 0.25) is 0 Å². The van der Waals surface area contributed by atoms with Crippen molar-refractivity contribution in [1.82, 2.24) is 4.90 Å². The molecule has 156 valence electrons. The van der Waals surface area contributed by atoms with Gasteiger partial charge in [0.1, 0.15) is 5.75 Å². The van der Waals surface area contributed by atoms with Gasteiger partial charge in [0.25, 0.3) is 0 Å². The molecule has 2 N–H and O–H groups in total. The summed E-state index contributed by atoms with van der Waals surface area (Å²) in [5.74, 6) is 0.839. The highest BCUT2D eigenvalue weighted by atomic mass is 16.5. The molecule has 0 aromatic heterocycles. The van der Waals surface area contributed by atoms with Crippen molar-refractivity contribution in [2.45, 2.75) is 52.9 Å². The third-order valence-electron chi connectivity index (χ3n) is 5.92. The molecule has 4 heteroatoms. The number of nitrogens with zero attached hydrogens (tertiary/aromatic N) is 1. The molecule has 1 heterocycles. The van der Waals surface area contributed by atoms with Gasteiger partial charge in [0.05, 0.1) is 20.3 Å². The van der Waals surface area contributed by atoms with Crippen LogP contribution >= 0.6 is 0 Å². The molecule has 1 aliphatic rings. The van der Waals surface area contributed by atoms with Gasteiger partial charge in [-0.2, -0.15) is 0 Å². The zero-order valence-electron chi connectivity index (χ0n) is 18.1. The van der Waals surface area contributed by atoms with E-state index in [0.29, 0.717) is 0 Å². The Kier molecular flexibility index (Phi) is 7.12. The molecule has 0 saturated heterocycles. The maximum absolute atomic E-state index is 10.0. The Morgan fingerprint density at radius 3 is 2.28 bits per heavy atom. The topological polar surface area (TPSA) is 52.9 Å². The molecule has 0 bridgehead atoms. The summed E-state index contributed by atoms with van der Waals surface area (Å²) in [5.41, 5.74) is 4.32. The lowest BCUT2D eigenvalue weighted by molar-refractivity contribution is 0.261. The number of fused-ring (bicyclic) bond motifs is 6. The zero-order chi connectivity index (χ0) is 21.0. The van der Waals surface area contributed by atoms with Crippen LogP contribution in [0.25, 0.3) is 21.5 Å². The van der Waals surface area contributed by atoms with Gasteiger partial charge in [-0.25, -0.2) is 0 Å². The average Bonchev–Trinajstić information content (AvgIpc) is 2.77. The van der Waals surface area contributed by atoms with Crippen LogP contribution in [0.4, 0.5) is 0 Å². The highest BCUT2D eigenvalue weighted by Crippen LogP contribution is 2.39. The number of methoxy groups -OCH3 is 1. The van der Waals surface area contributed by atoms with E-state index in [1.807, 2.05) is 12.1 Å². The van der Waals surface area contributed by atoms with E-state index in [1.165, 1.54) is 34.7 Å². The molecule has 4 rings (SSSR count). The summed E-state index contributed by atoms with van der Waals surface area (Å²) in [4.78, 5) is 2.34. The Labute approximate surface area is 173 Å². The molecule has 4 nitrogen and oxygen atoms in total. The minimum absolute atomic E-state index is 0.0662. The van der Waals surface area contributed by atoms with Crippen LogP contribution in [-0.4, -0.2) is 35.8 Å². The number of unbranched alkanes of at least 4 members (excludes halogenated alkanes) is 1. The maximum Gasteiger partial charge on any atom is 0.119 e. The Bertz CT molecular complexity index is 995. The standard InChI is InChI=1S/C21H23NO3.C4H10/c1-22-8-7-15-16-5-3-13(11-23)20(12-24)21(16)17-6-4-14(25-2)9-18(17)19(15)10-22;1-3-4-2/h3-6,9,23-24H,7-8,10-12H2,1-2H3;3-4H2,1-2H3. The summed E-state index contributed by atoms with van der Waals surface area (Å²) in [7, 11) is 3.83. The van der Waals surface area contributed by atoms with Crippen LogP contribution in [0.5, 0.6) is 5.75 Å². The van der Waals surface area contributed by atoms with E-state index in [9.17, 15) is 10.2 Å². The molecule has 3 aromatic carbocycles. The molecular weight excluding hydrogens is 362 g/mol. The second-order valence-corrected chi connectivity index (χ2v) is 7.80. The lowest BCUT2D eigenvalue weighted by Gasteiger charge is -2.29. The number of rotatable bonds is 4. The van der Waals surface area contributed by atoms with Crippen LogP contribution < -0.4 is 4.74 Å². The highest BCUT2D eigenvalue weighted by molar-refractivity contribution is 6.13. The van der Waals surface area contributed by atoms with E-state index in [1.54, 1.807) is 7.11 Å². The van der Waals surface area contributed by atoms with E-state index in [0.717, 1.165) is 47.2 Å². The molecule has 0 atom stereocenters. The van der Waals surface area contributed by atoms with E-state index >= 15 is 0 Å². The van der Waals surface area contributed by atoms with Crippen molar-refractivity contribution >= 4 is 21.5 Å². The number of hydrogen-bond donors (Lipinski definition) is 2. The molecule has 0 saturated carbocycles. The van der Waals surface area contributed by atoms with Gasteiger partial charge in [-0.15, -0.1) is 0 Å². The minimum Gasteiger partial charge on any atom is -0.497 e. The number of benzene rings is 3. The Morgan fingerprint density at radius 2 is 1.66 bits per heavy atom. The van der Waals surface area contributed by atoms with Crippen molar-refractivity contribution in [3.63, 3.8) is 0 Å². The van der Waals surface area contributed by atoms with E-state index in [4.69, 9.17) is 4.74 Å². The SMILES string of the molecule is CCCC.COc1ccc2c(c1)c1c(c3ccc(CO)c(CO)c32)CCN(C)C1. The molecule has 0 radical (unpaired) electrons. The monoisotopic (exact) mass is 395 g/mol. The lowest BCUT2D eigenvalue weighted by atomic mass is 9.85. The molecule has 0 fully saturated rings. The van der Waals surface area contributed by atoms with Gasteiger partial charge in [0, 0.05) is 13.1 Å². The average molecular weight is 396 g/mol. The van der Waals surface area contributed by atoms with Gasteiger partial charge in [-0.05, 0) is 69.4 Å². The lowest BCUT2D eigenvalue weighted by Crippen LogP contribution is -2.27. The summed E-state index contributed by atoms with van der Waals surface area (Å²) >= 11 is 0. The van der Waals surface area contributed by atoms with Crippen molar-refractivity contribution in [3.8, 4) is 5.75 Å². The first-order chi connectivity index (χ1) is 14.1. The van der Waals surface area contributed by atoms with Crippen molar-refractivity contribution in [1.29, 1.82) is 0 Å². The fraction of sp³-hybridized carbons (Fsp3) is 0.440. The number of likely N-dealkylation sites (N-methyl/N-ethyl adjacent to an activating group) is 1. The molecule has 1 aliphatic heterocycles. The number of aliphatic hydroxyl groups excluding tert-OH is 2. The largest absolute Gasteiger partial charge is 0.497 e. The van der Waals surface area contributed by atoms with E-state index in [2.05, 4.69) is 44.0 Å². The highest BCUT2D eigenvalue weighted by Gasteiger charge is 2.22. The second kappa shape index (κ2) is 9.57. The summed E-state index contributed by atoms with van der Waals surface area (Å²) in [5, 5.41) is 24.3. The molecular formula is C25H33NO3. The quantitative estimate of drug-likeness (QED) is 0.624. The first kappa shape index (κ1) is 21.6. The van der Waals surface area contributed by atoms with Crippen LogP contribution in [0.1, 0.15) is 48.9 Å². The van der Waals surface area contributed by atoms with Gasteiger partial charge in [-0.1, -0.05) is 44.9 Å². The van der Waals surface area contributed by atoms with Crippen LogP contribution in [0.2, 0.25) is 0 Å². The van der Waals surface area contributed by atoms with Crippen molar-refractivity contribution < 1.29 is 14.9 Å². The van der Waals surface area contributed by atoms with Gasteiger partial charge in [-0.3, -0.25) is 0 Å². The van der Waals surface area contributed by atoms with Crippen LogP contribution in [0.3, 0.4) is 0 Å². The predicted molar refractivity (Wildman–Crippen MR) is 120 cm³/mol. The molecule has 0 unspecified atom stereocenters. The Morgan fingerprint density at radius 1 is 0.931 bits per heavy atom. The maximum atomic E-state index is 10.0. The van der Waals surface area contributed by atoms with Gasteiger partial charge < -0.3 is 19.8 Å². The van der Waals surface area contributed by atoms with Gasteiger partial charge in [0.15, 0.2) is 0 Å². The fourth-order valence-corrected chi connectivity index (χ4v) is 4.14. The second-order valence-electron chi connectivity index (χ2n) is 7.80. The number of aliphatic hydroxyl groups is 2. The smallest absolute Gasteiger partial charge is 0.119 e. The Balaban J connectivity index is 0.000000552. The zero-order valence-corrected chi connectivity index (χ0v) is 18.1. The van der Waals surface area contributed by atoms with E-state index in [-0.39, 0.29) is 13.2 Å². The van der Waals surface area contributed by atoms with E-state index < -0.39 is 0 Å². The minimum atomic E-state index is -0.0763. The third-order valence-corrected chi connectivity index (χ3v) is 5.92. The van der Waals surface area contributed by atoms with Gasteiger partial charge >= 0.3 is 0 Å². The third kappa shape index (κ3) is 4.11. The number of hydrogen-bond acceptors (Lipinski definition) is 4. The fourth-order valence-electron chi connectivity index (χ4n) is 4.14. The Hall–Kier alpha value is -2.14. The molecule has 0 amide bonds. The summed E-state index contributed by atoms with van der Waals surface area (Å²) in [6.45, 7) is 6.15. The van der Waals surface area contributed by atoms with Crippen LogP contribution in [0.15, 0.2) is 30.3 Å². The molecule has 29 heavy (non-hydrogen) atoms. The van der Waals surface area contributed by atoms with Crippen molar-refractivity contribution in [2.24, 2.45) is 0 Å². The molecule has 0 spiro atoms. The summed E-state index contributed by atoms with van der Waals surface area (Å²) < 4.78 is 5.45. The van der Waals surface area contributed by atoms with Crippen LogP contribution in [-0.2, 0) is 26.2 Å². The summed E-state index contributed by atoms with van der Waals surface area (Å²) in [6.07, 6.45) is 3.62. The predicted octanol–water partition coefficient (Wildman–Crippen LogP) is 4.78.